The molecule has 216 valence electrons. The van der Waals surface area contributed by atoms with Crippen LogP contribution in [0, 0.1) is 27.7 Å². The predicted molar refractivity (Wildman–Crippen MR) is 147 cm³/mol. The first kappa shape index (κ1) is 37.4. The van der Waals surface area contributed by atoms with E-state index in [-0.39, 0.29) is 16.9 Å². The summed E-state index contributed by atoms with van der Waals surface area (Å²) in [5, 5.41) is 17.3. The van der Waals surface area contributed by atoms with E-state index in [1.165, 1.54) is 22.3 Å². The molecule has 0 aliphatic rings. The Morgan fingerprint density at radius 2 is 0.750 bits per heavy atom. The summed E-state index contributed by atoms with van der Waals surface area (Å²) < 4.78 is 71.0. The molecule has 10 heteroatoms. The van der Waals surface area contributed by atoms with Gasteiger partial charge in [-0.15, -0.1) is 0 Å². The van der Waals surface area contributed by atoms with E-state index in [1.807, 2.05) is 0 Å². The topological polar surface area (TPSA) is 40.5 Å². The molecule has 4 aromatic rings. The third kappa shape index (κ3) is 17.2. The monoisotopic (exact) mass is 658 g/mol. The van der Waals surface area contributed by atoms with Crippen LogP contribution in [0.25, 0.3) is 0 Å². The van der Waals surface area contributed by atoms with E-state index in [4.69, 9.17) is 10.2 Å². The van der Waals surface area contributed by atoms with E-state index in [2.05, 4.69) is 77.2 Å². The Balaban J connectivity index is 0.000000494. The fraction of sp³-hybridized carbons (Fsp3) is 0.267. The minimum atomic E-state index is -4.33. The van der Waals surface area contributed by atoms with E-state index in [9.17, 15) is 26.3 Å². The Morgan fingerprint density at radius 3 is 0.875 bits per heavy atom. The number of alkyl halides is 6. The van der Waals surface area contributed by atoms with Crippen LogP contribution in [0.15, 0.2) is 84.9 Å². The van der Waals surface area contributed by atoms with Crippen molar-refractivity contribution >= 4 is 5.43 Å². The van der Waals surface area contributed by atoms with Gasteiger partial charge in [0.1, 0.15) is 11.5 Å². The third-order valence-corrected chi connectivity index (χ3v) is 5.02. The molecule has 40 heavy (non-hydrogen) atoms. The number of phenols is 2. The Kier molecular flexibility index (Phi) is 16.8. The van der Waals surface area contributed by atoms with Crippen LogP contribution in [0.4, 0.5) is 26.3 Å². The van der Waals surface area contributed by atoms with Crippen molar-refractivity contribution in [2.24, 2.45) is 0 Å². The fourth-order valence-corrected chi connectivity index (χ4v) is 2.50. The van der Waals surface area contributed by atoms with Gasteiger partial charge in [0, 0.05) is 0 Å². The standard InChI is InChI=1S/2C7H5F3O.2C7H9.C2H6Si.Zr/c2*8-7(9,10)5-1-3-6(11)4-2-5;2*1-6-4-3-5-7(6)2;1-3-2;/h2*1-4,11H;2*3-5H,1-2H3;1-2H3;/q;;2*-1;;+2. The Labute approximate surface area is 247 Å². The molecule has 2 N–H and O–H groups in total. The molecule has 0 aliphatic heterocycles. The molecule has 0 fully saturated rings. The van der Waals surface area contributed by atoms with Crippen LogP contribution in [-0.2, 0) is 35.7 Å². The summed E-state index contributed by atoms with van der Waals surface area (Å²) in [4.78, 5) is 0. The second kappa shape index (κ2) is 18.0. The van der Waals surface area contributed by atoms with E-state index >= 15 is 0 Å². The smallest absolute Gasteiger partial charge is 0.416 e. The van der Waals surface area contributed by atoms with Gasteiger partial charge in [0.15, 0.2) is 0 Å². The van der Waals surface area contributed by atoms with Crippen molar-refractivity contribution in [2.75, 3.05) is 0 Å². The summed E-state index contributed by atoms with van der Waals surface area (Å²) in [5.41, 5.74) is 4.26. The van der Waals surface area contributed by atoms with Crippen molar-refractivity contribution in [1.29, 1.82) is 0 Å². The van der Waals surface area contributed by atoms with Crippen molar-refractivity contribution in [3.05, 3.63) is 118 Å². The van der Waals surface area contributed by atoms with Crippen LogP contribution in [-0.4, -0.2) is 15.6 Å². The van der Waals surface area contributed by atoms with Crippen molar-refractivity contribution in [1.82, 2.24) is 0 Å². The largest absolute Gasteiger partial charge is 0.508 e. The molecule has 4 aromatic carbocycles. The van der Waals surface area contributed by atoms with Gasteiger partial charge in [-0.2, -0.15) is 85.0 Å². The van der Waals surface area contributed by atoms with Crippen molar-refractivity contribution in [3.63, 3.8) is 0 Å². The first-order chi connectivity index (χ1) is 18.3. The minimum Gasteiger partial charge on any atom is -0.508 e. The maximum atomic E-state index is 11.8. The summed E-state index contributed by atoms with van der Waals surface area (Å²) in [6, 6.07) is 20.0. The first-order valence-electron chi connectivity index (χ1n) is 12.0. The number of halogens is 6. The van der Waals surface area contributed by atoms with Gasteiger partial charge in [0.05, 0.1) is 11.1 Å². The molecule has 0 radical (unpaired) electrons. The Hall–Kier alpha value is -2.58. The Bertz CT molecular complexity index is 1120. The van der Waals surface area contributed by atoms with Crippen LogP contribution in [0.3, 0.4) is 0 Å². The van der Waals surface area contributed by atoms with Gasteiger partial charge >= 0.3 is 54.2 Å². The molecule has 0 unspecified atom stereocenters. The second-order valence-electron chi connectivity index (χ2n) is 8.87. The van der Waals surface area contributed by atoms with Gasteiger partial charge in [0.2, 0.25) is 0 Å². The molecule has 4 rings (SSSR count). The molecule has 0 atom stereocenters. The molecule has 0 bridgehead atoms. The van der Waals surface area contributed by atoms with Gasteiger partial charge < -0.3 is 10.2 Å². The molecule has 0 saturated heterocycles. The van der Waals surface area contributed by atoms with Crippen LogP contribution >= 0.6 is 0 Å². The average molecular weight is 660 g/mol. The van der Waals surface area contributed by atoms with E-state index in [1.54, 1.807) is 23.3 Å². The summed E-state index contributed by atoms with van der Waals surface area (Å²) in [7, 11) is 0. The number of rotatable bonds is 0. The maximum absolute atomic E-state index is 11.8. The third-order valence-electron chi connectivity index (χ3n) is 5.02. The summed E-state index contributed by atoms with van der Waals surface area (Å²) in [5.74, 6) is -0.337. The zero-order chi connectivity index (χ0) is 31.1. The SMILES string of the molecule is C[Si](C)=[Zr+2].Cc1c[cH-]cc1C.Cc1c[cH-]cc1C.Oc1ccc(C(F)(F)F)cc1.Oc1ccc(C(F)(F)F)cc1. The van der Waals surface area contributed by atoms with Gasteiger partial charge in [-0.05, 0) is 48.5 Å². The van der Waals surface area contributed by atoms with Crippen molar-refractivity contribution in [2.45, 2.75) is 53.1 Å². The van der Waals surface area contributed by atoms with E-state index in [0.29, 0.717) is 0 Å². The summed E-state index contributed by atoms with van der Waals surface area (Å²) >= 11 is 1.74. The number of phenolic OH excluding ortho intramolecular Hbond substituents is 2. The Morgan fingerprint density at radius 1 is 0.550 bits per heavy atom. The zero-order valence-corrected chi connectivity index (χ0v) is 26.7. The van der Waals surface area contributed by atoms with Gasteiger partial charge in [-0.3, -0.25) is 0 Å². The van der Waals surface area contributed by atoms with E-state index < -0.39 is 23.5 Å². The number of benzene rings is 2. The predicted octanol–water partition coefficient (Wildman–Crippen LogP) is 9.65. The number of hydrogen-bond acceptors (Lipinski definition) is 2. The average Bonchev–Trinajstić information content (AvgIpc) is 3.40. The van der Waals surface area contributed by atoms with Crippen LogP contribution in [0.5, 0.6) is 11.5 Å². The first-order valence-corrected chi connectivity index (χ1v) is 18.1. The summed E-state index contributed by atoms with van der Waals surface area (Å²) in [6.45, 7) is 13.1. The number of aryl methyl sites for hydroxylation is 4. The van der Waals surface area contributed by atoms with Crippen molar-refractivity contribution in [3.8, 4) is 11.5 Å². The maximum Gasteiger partial charge on any atom is 0.416 e. The molecule has 2 nitrogen and oxygen atoms in total. The van der Waals surface area contributed by atoms with Gasteiger partial charge in [0.25, 0.3) is 0 Å². The molecular formula is C30H34F6O2SiZr. The molecule has 0 aliphatic carbocycles. The number of aromatic hydroxyl groups is 2. The second-order valence-corrected chi connectivity index (χ2v) is 18.2. The van der Waals surface area contributed by atoms with E-state index in [0.717, 1.165) is 48.5 Å². The minimum absolute atomic E-state index is 0.169. The molecular weight excluding hydrogens is 626 g/mol. The van der Waals surface area contributed by atoms with Crippen LogP contribution < -0.4 is 0 Å². The molecule has 0 heterocycles. The normalized spacial score (nSPS) is 10.3. The van der Waals surface area contributed by atoms with Crippen LogP contribution in [0.1, 0.15) is 33.4 Å². The molecule has 0 aromatic heterocycles. The quantitative estimate of drug-likeness (QED) is 0.112. The molecule has 0 saturated carbocycles. The number of hydrogen-bond donors (Lipinski definition) is 2. The van der Waals surface area contributed by atoms with Gasteiger partial charge in [-0.25, -0.2) is 0 Å². The zero-order valence-electron chi connectivity index (χ0n) is 23.2. The summed E-state index contributed by atoms with van der Waals surface area (Å²) in [6.07, 6.45) is -8.65. The van der Waals surface area contributed by atoms with Crippen molar-refractivity contribution < 1.29 is 59.9 Å². The van der Waals surface area contributed by atoms with Crippen LogP contribution in [0.2, 0.25) is 13.1 Å². The molecule has 0 spiro atoms. The fourth-order valence-electron chi connectivity index (χ4n) is 2.50. The van der Waals surface area contributed by atoms with Gasteiger partial charge in [-0.1, -0.05) is 27.7 Å². The molecule has 0 amide bonds.